The molecule has 0 radical (unpaired) electrons. The van der Waals surface area contributed by atoms with E-state index in [1.54, 1.807) is 0 Å². The number of fused-ring (bicyclic) bond motifs is 1. The summed E-state index contributed by atoms with van der Waals surface area (Å²) in [6, 6.07) is 0.500. The first-order valence-corrected chi connectivity index (χ1v) is 11.0. The normalized spacial score (nSPS) is 18.4. The molecule has 0 aliphatic carbocycles. The maximum atomic E-state index is 5.56. The Kier molecular flexibility index (Phi) is 10.6. The Bertz CT molecular complexity index is 626. The summed E-state index contributed by atoms with van der Waals surface area (Å²) in [6.07, 6.45) is 4.59. The van der Waals surface area contributed by atoms with Crippen molar-refractivity contribution in [2.45, 2.75) is 65.6 Å². The molecule has 8 nitrogen and oxygen atoms in total. The predicted molar refractivity (Wildman–Crippen MR) is 127 cm³/mol. The molecular formula is C20H38IN7O. The van der Waals surface area contributed by atoms with Crippen molar-refractivity contribution in [1.82, 2.24) is 30.3 Å². The lowest BCUT2D eigenvalue weighted by Gasteiger charge is -2.39. The molecule has 1 unspecified atom stereocenters. The van der Waals surface area contributed by atoms with Gasteiger partial charge in [-0.1, -0.05) is 26.7 Å². The molecule has 0 bridgehead atoms. The topological polar surface area (TPSA) is 79.6 Å². The molecule has 2 aliphatic rings. The van der Waals surface area contributed by atoms with Crippen molar-refractivity contribution in [2.24, 2.45) is 10.9 Å². The third kappa shape index (κ3) is 6.52. The average molecular weight is 519 g/mol. The van der Waals surface area contributed by atoms with Crippen molar-refractivity contribution < 1.29 is 4.74 Å². The number of rotatable bonds is 9. The number of guanidine groups is 1. The van der Waals surface area contributed by atoms with E-state index in [0.29, 0.717) is 18.5 Å². The molecule has 0 aromatic carbocycles. The number of nitrogens with zero attached hydrogens (tertiary/aromatic N) is 5. The molecule has 0 spiro atoms. The molecule has 1 atom stereocenters. The summed E-state index contributed by atoms with van der Waals surface area (Å²) < 4.78 is 7.78. The first kappa shape index (κ1) is 24.3. The van der Waals surface area contributed by atoms with Crippen LogP contribution in [0, 0.1) is 5.92 Å². The Balaban J connectivity index is 0.00000300. The number of hydrogen-bond acceptors (Lipinski definition) is 5. The second-order valence-corrected chi connectivity index (χ2v) is 7.66. The molecule has 3 heterocycles. The van der Waals surface area contributed by atoms with E-state index in [4.69, 9.17) is 9.73 Å². The number of aryl methyl sites for hydroxylation is 1. The van der Waals surface area contributed by atoms with E-state index in [0.717, 1.165) is 76.4 Å². The number of morpholine rings is 1. The summed E-state index contributed by atoms with van der Waals surface area (Å²) in [5.41, 5.74) is 0. The van der Waals surface area contributed by atoms with Crippen LogP contribution in [0.25, 0.3) is 0 Å². The van der Waals surface area contributed by atoms with Crippen molar-refractivity contribution in [2.75, 3.05) is 39.4 Å². The Labute approximate surface area is 192 Å². The van der Waals surface area contributed by atoms with Gasteiger partial charge in [0.15, 0.2) is 11.8 Å². The first-order chi connectivity index (χ1) is 13.8. The van der Waals surface area contributed by atoms with E-state index in [1.165, 1.54) is 12.8 Å². The third-order valence-corrected chi connectivity index (χ3v) is 6.00. The lowest BCUT2D eigenvalue weighted by atomic mass is 9.92. The van der Waals surface area contributed by atoms with Crippen molar-refractivity contribution in [1.29, 1.82) is 0 Å². The predicted octanol–water partition coefficient (Wildman–Crippen LogP) is 2.03. The summed E-state index contributed by atoms with van der Waals surface area (Å²) in [5, 5.41) is 15.6. The molecule has 166 valence electrons. The van der Waals surface area contributed by atoms with Crippen LogP contribution in [0.5, 0.6) is 0 Å². The smallest absolute Gasteiger partial charge is 0.191 e. The van der Waals surface area contributed by atoms with Crippen LogP contribution in [0.15, 0.2) is 4.99 Å². The number of halogens is 1. The van der Waals surface area contributed by atoms with Crippen LogP contribution < -0.4 is 10.6 Å². The minimum atomic E-state index is 0. The number of nitrogens with one attached hydrogen (secondary N) is 2. The van der Waals surface area contributed by atoms with E-state index >= 15 is 0 Å². The molecular weight excluding hydrogens is 481 g/mol. The highest BCUT2D eigenvalue weighted by Crippen LogP contribution is 2.19. The standard InChI is InChI=1S/C20H37N7O.HI/c1-4-16(5-2)17(26-10-12-28-13-11-26)14-22-20(21-6-3)23-15-19-25-24-18-8-7-9-27(18)19;/h16-17H,4-15H2,1-3H3,(H2,21,22,23);1H. The van der Waals surface area contributed by atoms with Gasteiger partial charge in [-0.2, -0.15) is 0 Å². The van der Waals surface area contributed by atoms with Gasteiger partial charge < -0.3 is 19.9 Å². The largest absolute Gasteiger partial charge is 0.379 e. The van der Waals surface area contributed by atoms with Gasteiger partial charge in [-0.05, 0) is 19.3 Å². The fourth-order valence-corrected chi connectivity index (χ4v) is 4.36. The average Bonchev–Trinajstić information content (AvgIpc) is 3.34. The monoisotopic (exact) mass is 519 g/mol. The highest BCUT2D eigenvalue weighted by molar-refractivity contribution is 14.0. The first-order valence-electron chi connectivity index (χ1n) is 11.0. The fourth-order valence-electron chi connectivity index (χ4n) is 4.36. The summed E-state index contributed by atoms with van der Waals surface area (Å²) in [4.78, 5) is 7.38. The lowest BCUT2D eigenvalue weighted by Crippen LogP contribution is -2.53. The van der Waals surface area contributed by atoms with Crippen molar-refractivity contribution in [3.05, 3.63) is 11.6 Å². The maximum absolute atomic E-state index is 5.56. The molecule has 2 N–H and O–H groups in total. The summed E-state index contributed by atoms with van der Waals surface area (Å²) >= 11 is 0. The van der Waals surface area contributed by atoms with Crippen LogP contribution in [-0.4, -0.2) is 71.1 Å². The van der Waals surface area contributed by atoms with Gasteiger partial charge in [0.25, 0.3) is 0 Å². The number of aromatic nitrogens is 3. The molecule has 3 rings (SSSR count). The highest BCUT2D eigenvalue weighted by Gasteiger charge is 2.27. The van der Waals surface area contributed by atoms with Crippen molar-refractivity contribution >= 4 is 29.9 Å². The van der Waals surface area contributed by atoms with E-state index in [1.807, 2.05) is 0 Å². The van der Waals surface area contributed by atoms with Gasteiger partial charge in [-0.25, -0.2) is 4.99 Å². The second kappa shape index (κ2) is 12.7. The number of aliphatic imine (C=N–C) groups is 1. The zero-order valence-electron chi connectivity index (χ0n) is 18.2. The number of hydrogen-bond donors (Lipinski definition) is 2. The molecule has 1 aromatic rings. The summed E-state index contributed by atoms with van der Waals surface area (Å²) in [5.74, 6) is 3.61. The Morgan fingerprint density at radius 1 is 1.10 bits per heavy atom. The summed E-state index contributed by atoms with van der Waals surface area (Å²) in [6.45, 7) is 13.7. The van der Waals surface area contributed by atoms with Gasteiger partial charge in [0.1, 0.15) is 12.4 Å². The Morgan fingerprint density at radius 2 is 1.86 bits per heavy atom. The van der Waals surface area contributed by atoms with Crippen LogP contribution in [0.2, 0.25) is 0 Å². The minimum absolute atomic E-state index is 0. The zero-order chi connectivity index (χ0) is 19.8. The fraction of sp³-hybridized carbons (Fsp3) is 0.850. The van der Waals surface area contributed by atoms with E-state index in [9.17, 15) is 0 Å². The van der Waals surface area contributed by atoms with Crippen molar-refractivity contribution in [3.63, 3.8) is 0 Å². The quantitative estimate of drug-likeness (QED) is 0.296. The Hall–Kier alpha value is -0.940. The van der Waals surface area contributed by atoms with Gasteiger partial charge in [-0.3, -0.25) is 4.90 Å². The van der Waals surface area contributed by atoms with Crippen LogP contribution >= 0.6 is 24.0 Å². The number of ether oxygens (including phenoxy) is 1. The van der Waals surface area contributed by atoms with E-state index in [2.05, 4.69) is 51.1 Å². The highest BCUT2D eigenvalue weighted by atomic mass is 127. The molecule has 0 amide bonds. The minimum Gasteiger partial charge on any atom is -0.379 e. The van der Waals surface area contributed by atoms with Gasteiger partial charge >= 0.3 is 0 Å². The van der Waals surface area contributed by atoms with E-state index in [-0.39, 0.29) is 24.0 Å². The molecule has 1 fully saturated rings. The van der Waals surface area contributed by atoms with E-state index < -0.39 is 0 Å². The molecule has 0 saturated carbocycles. The van der Waals surface area contributed by atoms with Crippen LogP contribution in [-0.2, 0) is 24.2 Å². The molecule has 2 aliphatic heterocycles. The lowest BCUT2D eigenvalue weighted by molar-refractivity contribution is 0.00272. The second-order valence-electron chi connectivity index (χ2n) is 7.66. The molecule has 1 aromatic heterocycles. The molecule has 29 heavy (non-hydrogen) atoms. The third-order valence-electron chi connectivity index (χ3n) is 6.00. The molecule has 9 heteroatoms. The Morgan fingerprint density at radius 3 is 2.55 bits per heavy atom. The summed E-state index contributed by atoms with van der Waals surface area (Å²) in [7, 11) is 0. The van der Waals surface area contributed by atoms with Crippen LogP contribution in [0.1, 0.15) is 51.7 Å². The van der Waals surface area contributed by atoms with Gasteiger partial charge in [0, 0.05) is 45.2 Å². The van der Waals surface area contributed by atoms with Gasteiger partial charge in [0.05, 0.1) is 13.2 Å². The zero-order valence-corrected chi connectivity index (χ0v) is 20.5. The maximum Gasteiger partial charge on any atom is 0.191 e. The van der Waals surface area contributed by atoms with Gasteiger partial charge in [-0.15, -0.1) is 34.2 Å². The van der Waals surface area contributed by atoms with Crippen molar-refractivity contribution in [3.8, 4) is 0 Å². The van der Waals surface area contributed by atoms with Crippen LogP contribution in [0.3, 0.4) is 0 Å². The molecule has 1 saturated heterocycles. The van der Waals surface area contributed by atoms with Gasteiger partial charge in [0.2, 0.25) is 0 Å². The van der Waals surface area contributed by atoms with Crippen LogP contribution in [0.4, 0.5) is 0 Å². The SMILES string of the molecule is CCNC(=NCc1nnc2n1CCC2)NCC(C(CC)CC)N1CCOCC1.I.